The molecule has 1 aliphatic carbocycles. The highest BCUT2D eigenvalue weighted by Crippen LogP contribution is 2.16. The molecule has 2 N–H and O–H groups in total. The largest absolute Gasteiger partial charge is 0.393 e. The summed E-state index contributed by atoms with van der Waals surface area (Å²) in [6.45, 7) is 0. The number of aliphatic hydroxyl groups is 1. The number of aliphatic hydroxyl groups excluding tert-OH is 1. The summed E-state index contributed by atoms with van der Waals surface area (Å²) < 4.78 is 25.9. The van der Waals surface area contributed by atoms with Gasteiger partial charge in [-0.1, -0.05) is 25.7 Å². The lowest BCUT2D eigenvalue weighted by Gasteiger charge is -2.02. The van der Waals surface area contributed by atoms with Crippen LogP contribution in [0.15, 0.2) is 0 Å². The molecule has 0 aromatic heterocycles. The molecule has 1 rings (SSSR count). The van der Waals surface area contributed by atoms with Gasteiger partial charge < -0.3 is 5.11 Å². The van der Waals surface area contributed by atoms with Gasteiger partial charge in [0.15, 0.2) is 0 Å². The summed E-state index contributed by atoms with van der Waals surface area (Å²) in [6, 6.07) is 0. The molecule has 13 heavy (non-hydrogen) atoms. The Morgan fingerprint density at radius 2 is 1.38 bits per heavy atom. The summed E-state index contributed by atoms with van der Waals surface area (Å²) in [7, 11) is -3.67. The lowest BCUT2D eigenvalue weighted by molar-refractivity contribution is 0.157. The highest BCUT2D eigenvalue weighted by Gasteiger charge is 2.06. The van der Waals surface area contributed by atoms with E-state index >= 15 is 0 Å². The van der Waals surface area contributed by atoms with Crippen molar-refractivity contribution in [3.05, 3.63) is 0 Å². The van der Waals surface area contributed by atoms with Gasteiger partial charge in [-0.3, -0.25) is 4.55 Å². The fourth-order valence-corrected chi connectivity index (χ4v) is 1.26. The summed E-state index contributed by atoms with van der Waals surface area (Å²) in [5, 5.41) is 9.09. The highest BCUT2D eigenvalue weighted by molar-refractivity contribution is 7.85. The summed E-state index contributed by atoms with van der Waals surface area (Å²) in [6.07, 6.45) is 7.96. The second-order valence-corrected chi connectivity index (χ2v) is 4.84. The quantitative estimate of drug-likeness (QED) is 0.465. The summed E-state index contributed by atoms with van der Waals surface area (Å²) in [5.74, 6) is 0. The monoisotopic (exact) mass is 210 g/mol. The minimum absolute atomic E-state index is 0.0255. The number of hydrogen-bond acceptors (Lipinski definition) is 3. The van der Waals surface area contributed by atoms with E-state index in [9.17, 15) is 8.42 Å². The van der Waals surface area contributed by atoms with Crippen LogP contribution < -0.4 is 0 Å². The zero-order chi connectivity index (χ0) is 10.3. The third kappa shape index (κ3) is 14.7. The average molecular weight is 210 g/mol. The van der Waals surface area contributed by atoms with Crippen molar-refractivity contribution in [3.8, 4) is 0 Å². The van der Waals surface area contributed by atoms with Crippen LogP contribution in [0.4, 0.5) is 0 Å². The van der Waals surface area contributed by atoms with Gasteiger partial charge in [-0.15, -0.1) is 0 Å². The zero-order valence-corrected chi connectivity index (χ0v) is 8.76. The Balaban J connectivity index is 0.000000252. The maximum Gasteiger partial charge on any atom is 0.261 e. The molecule has 1 fully saturated rings. The molecule has 0 aliphatic heterocycles. The van der Waals surface area contributed by atoms with Crippen LogP contribution in [-0.2, 0) is 10.1 Å². The minimum Gasteiger partial charge on any atom is -0.393 e. The SMILES string of the molecule is CS(=O)(=O)O.OC1CCCCCC1. The molecule has 1 saturated carbocycles. The van der Waals surface area contributed by atoms with Crippen LogP contribution in [0.5, 0.6) is 0 Å². The molecule has 0 radical (unpaired) electrons. The lowest BCUT2D eigenvalue weighted by Crippen LogP contribution is -2.02. The van der Waals surface area contributed by atoms with Gasteiger partial charge in [-0.05, 0) is 12.8 Å². The average Bonchev–Trinajstić information content (AvgIpc) is 2.12. The Morgan fingerprint density at radius 3 is 1.69 bits per heavy atom. The molecule has 4 nitrogen and oxygen atoms in total. The zero-order valence-electron chi connectivity index (χ0n) is 7.94. The molecule has 0 amide bonds. The molecule has 0 heterocycles. The van der Waals surface area contributed by atoms with Crippen molar-refractivity contribution in [2.45, 2.75) is 44.6 Å². The van der Waals surface area contributed by atoms with Crippen molar-refractivity contribution < 1.29 is 18.1 Å². The summed E-state index contributed by atoms with van der Waals surface area (Å²) in [4.78, 5) is 0. The van der Waals surface area contributed by atoms with E-state index in [0.717, 1.165) is 12.8 Å². The second-order valence-electron chi connectivity index (χ2n) is 3.38. The molecule has 0 atom stereocenters. The number of hydrogen-bond donors (Lipinski definition) is 2. The van der Waals surface area contributed by atoms with E-state index < -0.39 is 10.1 Å². The van der Waals surface area contributed by atoms with Gasteiger partial charge in [0.25, 0.3) is 10.1 Å². The normalized spacial score (nSPS) is 19.9. The third-order valence-corrected chi connectivity index (χ3v) is 1.82. The van der Waals surface area contributed by atoms with Gasteiger partial charge in [0.2, 0.25) is 0 Å². The predicted molar refractivity (Wildman–Crippen MR) is 51.2 cm³/mol. The van der Waals surface area contributed by atoms with E-state index in [1.54, 1.807) is 0 Å². The lowest BCUT2D eigenvalue weighted by atomic mass is 10.2. The van der Waals surface area contributed by atoms with Crippen LogP contribution in [-0.4, -0.2) is 30.4 Å². The van der Waals surface area contributed by atoms with Crippen LogP contribution in [0.3, 0.4) is 0 Å². The summed E-state index contributed by atoms with van der Waals surface area (Å²) >= 11 is 0. The van der Waals surface area contributed by atoms with Crippen molar-refractivity contribution in [2.24, 2.45) is 0 Å². The Bertz CT molecular complexity index is 194. The molecule has 5 heteroatoms. The highest BCUT2D eigenvalue weighted by atomic mass is 32.2. The minimum atomic E-state index is -3.67. The van der Waals surface area contributed by atoms with Crippen molar-refractivity contribution in [1.82, 2.24) is 0 Å². The first-order valence-corrected chi connectivity index (χ1v) is 6.35. The Hall–Kier alpha value is -0.130. The van der Waals surface area contributed by atoms with Gasteiger partial charge in [0.05, 0.1) is 12.4 Å². The van der Waals surface area contributed by atoms with Crippen LogP contribution in [0.1, 0.15) is 38.5 Å². The van der Waals surface area contributed by atoms with Crippen molar-refractivity contribution in [1.29, 1.82) is 0 Å². The van der Waals surface area contributed by atoms with Gasteiger partial charge in [-0.2, -0.15) is 8.42 Å². The Kier molecular flexibility index (Phi) is 6.28. The molecule has 0 unspecified atom stereocenters. The molecule has 0 saturated heterocycles. The molecule has 80 valence electrons. The maximum atomic E-state index is 9.19. The van der Waals surface area contributed by atoms with Crippen LogP contribution in [0.25, 0.3) is 0 Å². The van der Waals surface area contributed by atoms with Gasteiger partial charge in [0.1, 0.15) is 0 Å². The maximum absolute atomic E-state index is 9.19. The van der Waals surface area contributed by atoms with Crippen molar-refractivity contribution >= 4 is 10.1 Å². The first-order chi connectivity index (χ1) is 5.89. The third-order valence-electron chi connectivity index (χ3n) is 1.82. The first kappa shape index (κ1) is 12.9. The van der Waals surface area contributed by atoms with Gasteiger partial charge >= 0.3 is 0 Å². The molecule has 1 aliphatic rings. The molecular formula is C8H18O4S. The smallest absolute Gasteiger partial charge is 0.261 e. The van der Waals surface area contributed by atoms with Crippen LogP contribution in [0, 0.1) is 0 Å². The van der Waals surface area contributed by atoms with E-state index in [4.69, 9.17) is 9.66 Å². The fraction of sp³-hybridized carbons (Fsp3) is 1.00. The van der Waals surface area contributed by atoms with E-state index in [-0.39, 0.29) is 6.10 Å². The van der Waals surface area contributed by atoms with E-state index in [0.29, 0.717) is 6.26 Å². The van der Waals surface area contributed by atoms with Crippen molar-refractivity contribution in [3.63, 3.8) is 0 Å². The molecule has 0 bridgehead atoms. The molecular weight excluding hydrogens is 192 g/mol. The fourth-order valence-electron chi connectivity index (χ4n) is 1.26. The number of rotatable bonds is 0. The van der Waals surface area contributed by atoms with Gasteiger partial charge in [0, 0.05) is 0 Å². The van der Waals surface area contributed by atoms with Crippen LogP contribution >= 0.6 is 0 Å². The van der Waals surface area contributed by atoms with E-state index in [1.807, 2.05) is 0 Å². The molecule has 0 aromatic rings. The Morgan fingerprint density at radius 1 is 1.08 bits per heavy atom. The summed E-state index contributed by atoms with van der Waals surface area (Å²) in [5.41, 5.74) is 0. The van der Waals surface area contributed by atoms with Crippen molar-refractivity contribution in [2.75, 3.05) is 6.26 Å². The topological polar surface area (TPSA) is 74.6 Å². The molecule has 0 spiro atoms. The first-order valence-electron chi connectivity index (χ1n) is 4.50. The Labute approximate surface area is 79.7 Å². The predicted octanol–water partition coefficient (Wildman–Crippen LogP) is 1.21. The standard InChI is InChI=1S/C7H14O.CH4O3S/c8-7-5-3-1-2-4-6-7;1-5(2,3)4/h7-8H,1-6H2;1H3,(H,2,3,4). The van der Waals surface area contributed by atoms with E-state index in [2.05, 4.69) is 0 Å². The second kappa shape index (κ2) is 6.34. The molecule has 0 aromatic carbocycles. The van der Waals surface area contributed by atoms with Gasteiger partial charge in [-0.25, -0.2) is 0 Å². The van der Waals surface area contributed by atoms with Crippen LogP contribution in [0.2, 0.25) is 0 Å². The van der Waals surface area contributed by atoms with E-state index in [1.165, 1.54) is 25.7 Å².